The monoisotopic (exact) mass is 517 g/mol. The van der Waals surface area contributed by atoms with Crippen molar-refractivity contribution in [3.05, 3.63) is 0 Å². The molecule has 0 heterocycles. The minimum atomic E-state index is -5.84. The molecule has 0 fully saturated rings. The van der Waals surface area contributed by atoms with Gasteiger partial charge in [-0.3, -0.25) is 13.7 Å². The maximum absolute atomic E-state index is 10.7. The van der Waals surface area contributed by atoms with E-state index in [0.29, 0.717) is 0 Å². The summed E-state index contributed by atoms with van der Waals surface area (Å²) < 4.78 is 181. The molecule has 0 aliphatic carbocycles. The molecule has 0 radical (unpaired) electrons. The van der Waals surface area contributed by atoms with E-state index in [1.54, 1.807) is 0 Å². The van der Waals surface area contributed by atoms with Crippen LogP contribution in [0.2, 0.25) is 0 Å². The second-order valence-electron chi connectivity index (χ2n) is 2.76. The van der Waals surface area contributed by atoms with Crippen LogP contribution in [0.4, 0.5) is 39.5 Å². The maximum atomic E-state index is 10.7. The van der Waals surface area contributed by atoms with Gasteiger partial charge in [0.05, 0.1) is 0 Å². The first-order chi connectivity index (χ1) is 10.8. The van der Waals surface area contributed by atoms with Crippen LogP contribution in [0.5, 0.6) is 0 Å². The van der Waals surface area contributed by atoms with Gasteiger partial charge < -0.3 is 0 Å². The van der Waals surface area contributed by atoms with Crippen LogP contribution in [-0.2, 0) is 51.4 Å². The van der Waals surface area contributed by atoms with Crippen molar-refractivity contribution in [1.82, 2.24) is 0 Å². The molecule has 0 aliphatic heterocycles. The van der Waals surface area contributed by atoms with Crippen molar-refractivity contribution >= 4 is 30.4 Å². The molecule has 0 saturated carbocycles. The van der Waals surface area contributed by atoms with E-state index in [-0.39, 0.29) is 0 Å². The summed E-state index contributed by atoms with van der Waals surface area (Å²) in [5.41, 5.74) is -16.6. The van der Waals surface area contributed by atoms with E-state index in [4.69, 9.17) is 42.6 Å². The zero-order valence-electron chi connectivity index (χ0n) is 10.8. The van der Waals surface area contributed by atoms with Gasteiger partial charge in [-0.2, -0.15) is 64.8 Å². The van der Waals surface area contributed by atoms with Crippen LogP contribution >= 0.6 is 0 Å². The Balaban J connectivity index is -0.000000133. The van der Waals surface area contributed by atoms with E-state index in [9.17, 15) is 39.5 Å². The van der Waals surface area contributed by atoms with Crippen LogP contribution in [0.15, 0.2) is 0 Å². The van der Waals surface area contributed by atoms with Crippen molar-refractivity contribution in [1.29, 1.82) is 0 Å². The van der Waals surface area contributed by atoms with Crippen molar-refractivity contribution in [3.63, 3.8) is 0 Å². The normalized spacial score (nSPS) is 13.0. The van der Waals surface area contributed by atoms with Crippen LogP contribution in [0.3, 0.4) is 0 Å². The fourth-order valence-corrected chi connectivity index (χ4v) is 0. The summed E-state index contributed by atoms with van der Waals surface area (Å²) in [6.07, 6.45) is 0. The van der Waals surface area contributed by atoms with Gasteiger partial charge in [-0.25, -0.2) is 0 Å². The Morgan fingerprint density at radius 2 is 0.500 bits per heavy atom. The third-order valence-corrected chi connectivity index (χ3v) is 2.63. The Morgan fingerprint density at radius 3 is 0.500 bits per heavy atom. The Hall–Kier alpha value is -0.516. The van der Waals surface area contributed by atoms with E-state index in [1.165, 1.54) is 0 Å². The van der Waals surface area contributed by atoms with E-state index >= 15 is 0 Å². The summed E-state index contributed by atoms with van der Waals surface area (Å²) in [4.78, 5) is 0. The molecule has 161 valence electrons. The molecule has 0 bridgehead atoms. The second-order valence-corrected chi connectivity index (χ2v) is 7.00. The molecule has 10 nitrogen and oxygen atoms in total. The minimum absolute atomic E-state index is 1.06. The number of hydrogen-bond donors (Lipinski definition) is 3. The third kappa shape index (κ3) is 16.9. The molecule has 0 aromatic heterocycles. The summed E-state index contributed by atoms with van der Waals surface area (Å²) in [6.45, 7) is 0. The molecular weight excluding hydrogens is 514 g/mol. The second kappa shape index (κ2) is 10.7. The van der Waals surface area contributed by atoms with E-state index in [1.807, 2.05) is 0 Å². The predicted molar refractivity (Wildman–Crippen MR) is 53.5 cm³/mol. The van der Waals surface area contributed by atoms with Crippen molar-refractivity contribution < 1.29 is 99.5 Å². The average Bonchev–Trinajstić information content (AvgIpc) is 2.24. The molecule has 0 unspecified atom stereocenters. The molecule has 0 rings (SSSR count). The number of halogens is 9. The topological polar surface area (TPSA) is 180 Å². The van der Waals surface area contributed by atoms with Gasteiger partial charge in [0, 0.05) is 0 Å². The summed E-state index contributed by atoms with van der Waals surface area (Å²) in [7, 11) is -17.5. The van der Waals surface area contributed by atoms with E-state index in [0.717, 1.165) is 17.4 Å². The standard InChI is InChI=1S/3CHF3O3S.O.V/c3*2-1(3,4)8(5,6)7;;/h3*(H,5,6,7);;. The van der Waals surface area contributed by atoms with Gasteiger partial charge in [-0.05, 0) is 0 Å². The van der Waals surface area contributed by atoms with Crippen LogP contribution in [-0.4, -0.2) is 55.4 Å². The van der Waals surface area contributed by atoms with Gasteiger partial charge in [0.15, 0.2) is 0 Å². The van der Waals surface area contributed by atoms with Gasteiger partial charge in [-0.15, -0.1) is 0 Å². The van der Waals surface area contributed by atoms with Crippen LogP contribution in [0, 0.1) is 0 Å². The zero-order valence-corrected chi connectivity index (χ0v) is 14.6. The Bertz CT molecular complexity index is 613. The van der Waals surface area contributed by atoms with Crippen molar-refractivity contribution in [2.45, 2.75) is 16.5 Å². The van der Waals surface area contributed by atoms with Crippen LogP contribution < -0.4 is 0 Å². The average molecular weight is 517 g/mol. The van der Waals surface area contributed by atoms with Crippen LogP contribution in [0.25, 0.3) is 0 Å². The van der Waals surface area contributed by atoms with Gasteiger partial charge in [0.25, 0.3) is 0 Å². The molecule has 0 aliphatic rings. The fraction of sp³-hybridized carbons (Fsp3) is 1.00. The fourth-order valence-electron chi connectivity index (χ4n) is 0. The molecule has 0 saturated heterocycles. The van der Waals surface area contributed by atoms with Crippen LogP contribution in [0.1, 0.15) is 0 Å². The first-order valence-electron chi connectivity index (χ1n) is 4.04. The van der Waals surface area contributed by atoms with E-state index in [2.05, 4.69) is 0 Å². The molecule has 26 heavy (non-hydrogen) atoms. The molecule has 0 aromatic rings. The van der Waals surface area contributed by atoms with Gasteiger partial charge in [0.1, 0.15) is 0 Å². The van der Waals surface area contributed by atoms with Crippen molar-refractivity contribution in [2.24, 2.45) is 0 Å². The molecule has 3 N–H and O–H groups in total. The quantitative estimate of drug-likeness (QED) is 0.239. The Labute approximate surface area is 146 Å². The summed E-state index contributed by atoms with van der Waals surface area (Å²) in [5, 5.41) is 0. The Morgan fingerprint density at radius 1 is 0.462 bits per heavy atom. The number of hydrogen-bond acceptors (Lipinski definition) is 7. The zero-order chi connectivity index (χ0) is 23.0. The summed E-state index contributed by atoms with van der Waals surface area (Å²) in [6, 6.07) is 0. The van der Waals surface area contributed by atoms with Crippen molar-refractivity contribution in [2.75, 3.05) is 0 Å². The summed E-state index contributed by atoms with van der Waals surface area (Å²) >= 11 is 1.06. The number of rotatable bonds is 0. The molecule has 0 aromatic carbocycles. The van der Waals surface area contributed by atoms with Gasteiger partial charge >= 0.3 is 67.9 Å². The molecular formula is C3H3F9O10S3V. The van der Waals surface area contributed by atoms with Gasteiger partial charge in [0.2, 0.25) is 0 Å². The predicted octanol–water partition coefficient (Wildman–Crippen LogP) is 1.06. The third-order valence-electron chi connectivity index (χ3n) is 0.877. The molecule has 0 spiro atoms. The molecule has 0 atom stereocenters. The first kappa shape index (κ1) is 33.1. The SMILES string of the molecule is O=S(=O)(O)C(F)(F)F.O=S(=O)(O)C(F)(F)F.O=S(=O)(O)C(F)(F)F.[O]=[V]. The first-order valence-corrected chi connectivity index (χ1v) is 8.93. The van der Waals surface area contributed by atoms with E-state index < -0.39 is 46.9 Å². The number of alkyl halides is 9. The molecule has 23 heteroatoms. The molecule has 0 amide bonds. The van der Waals surface area contributed by atoms with Crippen molar-refractivity contribution in [3.8, 4) is 0 Å². The summed E-state index contributed by atoms with van der Waals surface area (Å²) in [5.74, 6) is 0. The Kier molecular flexibility index (Phi) is 13.7. The van der Waals surface area contributed by atoms with Gasteiger partial charge in [-0.1, -0.05) is 0 Å².